The lowest BCUT2D eigenvalue weighted by Crippen LogP contribution is -2.38. The van der Waals surface area contributed by atoms with E-state index in [1.165, 1.54) is 5.56 Å². The molecule has 6 nitrogen and oxygen atoms in total. The molecule has 1 aromatic heterocycles. The first-order chi connectivity index (χ1) is 12.2. The maximum absolute atomic E-state index is 5.71. The van der Waals surface area contributed by atoms with Crippen molar-refractivity contribution in [2.75, 3.05) is 26.8 Å². The third-order valence-corrected chi connectivity index (χ3v) is 3.49. The standard InChI is InChI=1S/C19H26N4O2/c1-4-24-18-12-15(2)7-8-16(18)13-23-19(20-3)22-10-11-25-17-6-5-9-21-14-17/h5-9,12,14H,4,10-11,13H2,1-3H3,(H2,20,22,23). The second kappa shape index (κ2) is 10.2. The smallest absolute Gasteiger partial charge is 0.191 e. The van der Waals surface area contributed by atoms with Gasteiger partial charge in [0.1, 0.15) is 18.1 Å². The van der Waals surface area contributed by atoms with E-state index < -0.39 is 0 Å². The lowest BCUT2D eigenvalue weighted by Gasteiger charge is -2.15. The fourth-order valence-electron chi connectivity index (χ4n) is 2.27. The van der Waals surface area contributed by atoms with E-state index in [9.17, 15) is 0 Å². The van der Waals surface area contributed by atoms with E-state index in [4.69, 9.17) is 9.47 Å². The highest BCUT2D eigenvalue weighted by Gasteiger charge is 2.05. The van der Waals surface area contributed by atoms with E-state index in [-0.39, 0.29) is 0 Å². The summed E-state index contributed by atoms with van der Waals surface area (Å²) >= 11 is 0. The van der Waals surface area contributed by atoms with E-state index in [1.54, 1.807) is 19.4 Å². The first-order valence-corrected chi connectivity index (χ1v) is 8.42. The van der Waals surface area contributed by atoms with E-state index in [0.29, 0.717) is 26.3 Å². The van der Waals surface area contributed by atoms with Gasteiger partial charge < -0.3 is 20.1 Å². The number of hydrogen-bond acceptors (Lipinski definition) is 4. The molecule has 2 rings (SSSR count). The largest absolute Gasteiger partial charge is 0.494 e. The highest BCUT2D eigenvalue weighted by Crippen LogP contribution is 2.20. The number of pyridine rings is 1. The molecule has 2 aromatic rings. The van der Waals surface area contributed by atoms with Crippen LogP contribution in [0.3, 0.4) is 0 Å². The molecule has 0 saturated heterocycles. The van der Waals surface area contributed by atoms with E-state index in [2.05, 4.69) is 45.7 Å². The Morgan fingerprint density at radius 2 is 2.08 bits per heavy atom. The Kier molecular flexibility index (Phi) is 7.56. The molecule has 1 heterocycles. The third kappa shape index (κ3) is 6.33. The van der Waals surface area contributed by atoms with Gasteiger partial charge in [-0.3, -0.25) is 9.98 Å². The van der Waals surface area contributed by atoms with Gasteiger partial charge in [-0.2, -0.15) is 0 Å². The van der Waals surface area contributed by atoms with Crippen molar-refractivity contribution in [3.05, 3.63) is 53.9 Å². The van der Waals surface area contributed by atoms with Crippen molar-refractivity contribution in [1.82, 2.24) is 15.6 Å². The normalized spacial score (nSPS) is 11.1. The Morgan fingerprint density at radius 3 is 2.80 bits per heavy atom. The molecule has 0 fully saturated rings. The minimum absolute atomic E-state index is 0.529. The number of aliphatic imine (C=N–C) groups is 1. The molecule has 0 saturated carbocycles. The number of aromatic nitrogens is 1. The molecule has 0 spiro atoms. The average molecular weight is 342 g/mol. The molecule has 134 valence electrons. The molecule has 0 bridgehead atoms. The van der Waals surface area contributed by atoms with Crippen LogP contribution in [-0.4, -0.2) is 37.7 Å². The first-order valence-electron chi connectivity index (χ1n) is 8.42. The second-order valence-corrected chi connectivity index (χ2v) is 5.43. The fraction of sp³-hybridized carbons (Fsp3) is 0.368. The van der Waals surface area contributed by atoms with Crippen LogP contribution in [0.5, 0.6) is 11.5 Å². The van der Waals surface area contributed by atoms with Gasteiger partial charge in [0.2, 0.25) is 0 Å². The molecular formula is C19H26N4O2. The van der Waals surface area contributed by atoms with Gasteiger partial charge in [-0.25, -0.2) is 0 Å². The van der Waals surface area contributed by atoms with Crippen LogP contribution in [0.1, 0.15) is 18.1 Å². The molecule has 0 atom stereocenters. The summed E-state index contributed by atoms with van der Waals surface area (Å²) < 4.78 is 11.3. The van der Waals surface area contributed by atoms with Crippen molar-refractivity contribution in [3.8, 4) is 11.5 Å². The number of benzene rings is 1. The van der Waals surface area contributed by atoms with Crippen molar-refractivity contribution in [1.29, 1.82) is 0 Å². The van der Waals surface area contributed by atoms with Crippen LogP contribution in [0.25, 0.3) is 0 Å². The van der Waals surface area contributed by atoms with Crippen molar-refractivity contribution in [2.24, 2.45) is 4.99 Å². The van der Waals surface area contributed by atoms with Crippen LogP contribution in [0.15, 0.2) is 47.7 Å². The lowest BCUT2D eigenvalue weighted by molar-refractivity contribution is 0.320. The molecule has 0 aliphatic carbocycles. The summed E-state index contributed by atoms with van der Waals surface area (Å²) in [4.78, 5) is 8.24. The van der Waals surface area contributed by atoms with Crippen molar-refractivity contribution in [2.45, 2.75) is 20.4 Å². The molecular weight excluding hydrogens is 316 g/mol. The van der Waals surface area contributed by atoms with E-state index >= 15 is 0 Å². The molecule has 0 unspecified atom stereocenters. The molecule has 25 heavy (non-hydrogen) atoms. The van der Waals surface area contributed by atoms with Gasteiger partial charge in [-0.1, -0.05) is 12.1 Å². The van der Waals surface area contributed by atoms with Gasteiger partial charge in [-0.15, -0.1) is 0 Å². The number of nitrogens with one attached hydrogen (secondary N) is 2. The molecule has 0 radical (unpaired) electrons. The zero-order valence-corrected chi connectivity index (χ0v) is 15.1. The van der Waals surface area contributed by atoms with Gasteiger partial charge in [0.25, 0.3) is 0 Å². The second-order valence-electron chi connectivity index (χ2n) is 5.43. The molecule has 2 N–H and O–H groups in total. The first kappa shape index (κ1) is 18.6. The highest BCUT2D eigenvalue weighted by atomic mass is 16.5. The summed E-state index contributed by atoms with van der Waals surface area (Å²) in [7, 11) is 1.75. The lowest BCUT2D eigenvalue weighted by atomic mass is 10.1. The van der Waals surface area contributed by atoms with Gasteiger partial charge in [0.15, 0.2) is 5.96 Å². The fourth-order valence-corrected chi connectivity index (χ4v) is 2.27. The topological polar surface area (TPSA) is 67.8 Å². The number of aryl methyl sites for hydroxylation is 1. The third-order valence-electron chi connectivity index (χ3n) is 3.49. The number of ether oxygens (including phenoxy) is 2. The van der Waals surface area contributed by atoms with Gasteiger partial charge in [-0.05, 0) is 37.6 Å². The summed E-state index contributed by atoms with van der Waals surface area (Å²) in [5, 5.41) is 6.52. The summed E-state index contributed by atoms with van der Waals surface area (Å²) in [6.45, 7) is 6.50. The Bertz CT molecular complexity index is 674. The van der Waals surface area contributed by atoms with Crippen LogP contribution in [0.4, 0.5) is 0 Å². The maximum atomic E-state index is 5.71. The van der Waals surface area contributed by atoms with Crippen LogP contribution in [0.2, 0.25) is 0 Å². The molecule has 0 aliphatic rings. The quantitative estimate of drug-likeness (QED) is 0.438. The zero-order chi connectivity index (χ0) is 17.9. The van der Waals surface area contributed by atoms with Gasteiger partial charge in [0, 0.05) is 25.4 Å². The predicted molar refractivity (Wildman–Crippen MR) is 100 cm³/mol. The Balaban J connectivity index is 1.78. The molecule has 0 amide bonds. The van der Waals surface area contributed by atoms with E-state index in [1.807, 2.05) is 19.1 Å². The molecule has 6 heteroatoms. The minimum Gasteiger partial charge on any atom is -0.494 e. The van der Waals surface area contributed by atoms with Crippen molar-refractivity contribution >= 4 is 5.96 Å². The highest BCUT2D eigenvalue weighted by molar-refractivity contribution is 5.79. The Morgan fingerprint density at radius 1 is 1.20 bits per heavy atom. The summed E-state index contributed by atoms with van der Waals surface area (Å²) in [5.41, 5.74) is 2.28. The number of guanidine groups is 1. The Labute approximate surface area is 149 Å². The number of hydrogen-bond donors (Lipinski definition) is 2. The minimum atomic E-state index is 0.529. The number of rotatable bonds is 8. The van der Waals surface area contributed by atoms with Gasteiger partial charge >= 0.3 is 0 Å². The van der Waals surface area contributed by atoms with Crippen LogP contribution < -0.4 is 20.1 Å². The summed E-state index contributed by atoms with van der Waals surface area (Å²) in [6, 6.07) is 9.94. The molecule has 0 aliphatic heterocycles. The monoisotopic (exact) mass is 342 g/mol. The van der Waals surface area contributed by atoms with Gasteiger partial charge in [0.05, 0.1) is 19.3 Å². The SMILES string of the molecule is CCOc1cc(C)ccc1CNC(=NC)NCCOc1cccnc1. The van der Waals surface area contributed by atoms with E-state index in [0.717, 1.165) is 23.0 Å². The zero-order valence-electron chi connectivity index (χ0n) is 15.1. The summed E-state index contributed by atoms with van der Waals surface area (Å²) in [5.74, 6) is 2.39. The Hall–Kier alpha value is -2.76. The van der Waals surface area contributed by atoms with Crippen LogP contribution >= 0.6 is 0 Å². The maximum Gasteiger partial charge on any atom is 0.191 e. The van der Waals surface area contributed by atoms with Crippen LogP contribution in [0, 0.1) is 6.92 Å². The van der Waals surface area contributed by atoms with Crippen LogP contribution in [-0.2, 0) is 6.54 Å². The summed E-state index contributed by atoms with van der Waals surface area (Å²) in [6.07, 6.45) is 3.41. The average Bonchev–Trinajstić information content (AvgIpc) is 2.63. The number of nitrogens with zero attached hydrogens (tertiary/aromatic N) is 2. The van der Waals surface area contributed by atoms with Crippen molar-refractivity contribution < 1.29 is 9.47 Å². The predicted octanol–water partition coefficient (Wildman–Crippen LogP) is 2.53. The molecule has 1 aromatic carbocycles. The van der Waals surface area contributed by atoms with Crippen molar-refractivity contribution in [3.63, 3.8) is 0 Å².